The average molecular weight is 514 g/mol. The fraction of sp³-hybridized carbons (Fsp3) is 0.286. The second kappa shape index (κ2) is 9.82. The normalized spacial score (nSPS) is 21.1. The fourth-order valence-electron chi connectivity index (χ4n) is 5.43. The Kier molecular flexibility index (Phi) is 6.21. The van der Waals surface area contributed by atoms with Crippen LogP contribution in [-0.4, -0.2) is 50.7 Å². The van der Waals surface area contributed by atoms with Gasteiger partial charge in [-0.3, -0.25) is 19.4 Å². The van der Waals surface area contributed by atoms with Gasteiger partial charge >= 0.3 is 0 Å². The van der Waals surface area contributed by atoms with Crippen LogP contribution in [0.1, 0.15) is 41.0 Å². The van der Waals surface area contributed by atoms with Crippen LogP contribution in [0, 0.1) is 0 Å². The van der Waals surface area contributed by atoms with Gasteiger partial charge < -0.3 is 20.5 Å². The van der Waals surface area contributed by atoms with Crippen LogP contribution in [-0.2, 0) is 16.1 Å². The molecule has 0 spiro atoms. The molecule has 2 aliphatic rings. The van der Waals surface area contributed by atoms with Gasteiger partial charge in [0.25, 0.3) is 5.91 Å². The van der Waals surface area contributed by atoms with Gasteiger partial charge in [0.15, 0.2) is 0 Å². The summed E-state index contributed by atoms with van der Waals surface area (Å²) in [6.45, 7) is 0.346. The number of aromatic nitrogens is 2. The number of benzene rings is 1. The highest BCUT2D eigenvalue weighted by molar-refractivity contribution is 7.17. The van der Waals surface area contributed by atoms with Gasteiger partial charge in [-0.15, -0.1) is 11.3 Å². The van der Waals surface area contributed by atoms with Crippen molar-refractivity contribution in [3.8, 4) is 10.4 Å². The lowest BCUT2D eigenvalue weighted by atomic mass is 9.98. The van der Waals surface area contributed by atoms with Crippen LogP contribution in [0.5, 0.6) is 0 Å². The molecule has 0 radical (unpaired) electrons. The first-order chi connectivity index (χ1) is 18.1. The molecular weight excluding hydrogens is 486 g/mol. The number of thiophene rings is 1. The van der Waals surface area contributed by atoms with Gasteiger partial charge in [-0.05, 0) is 55.5 Å². The van der Waals surface area contributed by atoms with Crippen molar-refractivity contribution in [2.24, 2.45) is 0 Å². The van der Waals surface area contributed by atoms with E-state index in [1.165, 1.54) is 11.3 Å². The molecule has 0 aliphatic carbocycles. The lowest BCUT2D eigenvalue weighted by Crippen LogP contribution is -2.58. The first-order valence-corrected chi connectivity index (χ1v) is 13.4. The number of H-pyrrole nitrogens is 1. The van der Waals surface area contributed by atoms with E-state index in [1.54, 1.807) is 23.4 Å². The van der Waals surface area contributed by atoms with Crippen LogP contribution in [0.25, 0.3) is 21.3 Å². The lowest BCUT2D eigenvalue weighted by molar-refractivity contribution is -0.144. The van der Waals surface area contributed by atoms with Crippen LogP contribution in [0.4, 0.5) is 0 Å². The summed E-state index contributed by atoms with van der Waals surface area (Å²) in [6.07, 6.45) is 6.28. The maximum absolute atomic E-state index is 13.4. The van der Waals surface area contributed by atoms with Gasteiger partial charge in [0.1, 0.15) is 12.1 Å². The Morgan fingerprint density at radius 3 is 2.73 bits per heavy atom. The molecule has 2 saturated heterocycles. The van der Waals surface area contributed by atoms with Gasteiger partial charge in [-0.25, -0.2) is 0 Å². The van der Waals surface area contributed by atoms with Crippen molar-refractivity contribution in [1.82, 2.24) is 25.5 Å². The number of aromatic amines is 1. The second-order valence-electron chi connectivity index (χ2n) is 9.60. The van der Waals surface area contributed by atoms with Crippen LogP contribution < -0.4 is 10.6 Å². The second-order valence-corrected chi connectivity index (χ2v) is 10.7. The van der Waals surface area contributed by atoms with Crippen molar-refractivity contribution in [2.75, 3.05) is 0 Å². The number of nitrogens with one attached hydrogen (secondary N) is 3. The Morgan fingerprint density at radius 1 is 1.05 bits per heavy atom. The summed E-state index contributed by atoms with van der Waals surface area (Å²) in [7, 11) is 0. The summed E-state index contributed by atoms with van der Waals surface area (Å²) in [4.78, 5) is 50.2. The molecule has 9 heteroatoms. The van der Waals surface area contributed by atoms with Crippen molar-refractivity contribution in [2.45, 2.75) is 50.4 Å². The maximum atomic E-state index is 13.4. The van der Waals surface area contributed by atoms with Gasteiger partial charge in [0, 0.05) is 39.9 Å². The third-order valence-electron chi connectivity index (χ3n) is 7.27. The van der Waals surface area contributed by atoms with Crippen molar-refractivity contribution in [3.63, 3.8) is 0 Å². The van der Waals surface area contributed by atoms with Crippen LogP contribution in [0.3, 0.4) is 0 Å². The zero-order valence-electron chi connectivity index (χ0n) is 20.1. The van der Waals surface area contributed by atoms with Crippen molar-refractivity contribution in [1.29, 1.82) is 0 Å². The van der Waals surface area contributed by atoms with Crippen molar-refractivity contribution in [3.05, 3.63) is 77.6 Å². The summed E-state index contributed by atoms with van der Waals surface area (Å²) >= 11 is 1.41. The van der Waals surface area contributed by atoms with Crippen molar-refractivity contribution < 1.29 is 14.4 Å². The first kappa shape index (κ1) is 23.4. The Bertz CT molecular complexity index is 1430. The zero-order valence-corrected chi connectivity index (χ0v) is 21.0. The predicted molar refractivity (Wildman–Crippen MR) is 142 cm³/mol. The molecule has 4 aromatic rings. The Morgan fingerprint density at radius 2 is 1.89 bits per heavy atom. The predicted octanol–water partition coefficient (Wildman–Crippen LogP) is 3.86. The number of rotatable bonds is 6. The molecule has 1 aromatic carbocycles. The topological polar surface area (TPSA) is 107 Å². The van der Waals surface area contributed by atoms with E-state index in [-0.39, 0.29) is 23.8 Å². The minimum atomic E-state index is -0.624. The SMILES string of the molecule is O=C(N[C@@H]1CC[C@H]2CC[C@@H](C(=O)NCc3cc4cnccc4[nH]3)N2C1=O)c1ccc(-c2ccccc2)s1. The molecule has 37 heavy (non-hydrogen) atoms. The number of fused-ring (bicyclic) bond motifs is 2. The van der Waals surface area contributed by atoms with E-state index in [9.17, 15) is 14.4 Å². The molecule has 0 bridgehead atoms. The highest BCUT2D eigenvalue weighted by Gasteiger charge is 2.46. The van der Waals surface area contributed by atoms with Gasteiger partial charge in [0.2, 0.25) is 11.8 Å². The summed E-state index contributed by atoms with van der Waals surface area (Å²) in [5, 5.41) is 6.90. The highest BCUT2D eigenvalue weighted by atomic mass is 32.1. The van der Waals surface area contributed by atoms with Crippen LogP contribution in [0.15, 0.2) is 67.0 Å². The average Bonchev–Trinajstić information content (AvgIpc) is 3.67. The minimum absolute atomic E-state index is 0.0435. The third kappa shape index (κ3) is 4.62. The molecule has 0 unspecified atom stereocenters. The first-order valence-electron chi connectivity index (χ1n) is 12.5. The molecule has 0 saturated carbocycles. The van der Waals surface area contributed by atoms with E-state index in [4.69, 9.17) is 0 Å². The number of amides is 3. The molecule has 3 amide bonds. The monoisotopic (exact) mass is 513 g/mol. The van der Waals surface area contributed by atoms with Gasteiger partial charge in [0.05, 0.1) is 11.4 Å². The molecule has 188 valence electrons. The third-order valence-corrected chi connectivity index (χ3v) is 8.40. The molecule has 5 heterocycles. The summed E-state index contributed by atoms with van der Waals surface area (Å²) < 4.78 is 0. The van der Waals surface area contributed by atoms with Gasteiger partial charge in [-0.1, -0.05) is 30.3 Å². The van der Waals surface area contributed by atoms with E-state index in [0.29, 0.717) is 24.3 Å². The molecule has 2 aliphatic heterocycles. The number of piperidine rings is 1. The highest BCUT2D eigenvalue weighted by Crippen LogP contribution is 2.33. The van der Waals surface area contributed by atoms with Crippen LogP contribution >= 0.6 is 11.3 Å². The molecule has 6 rings (SSSR count). The number of hydrogen-bond acceptors (Lipinski definition) is 5. The van der Waals surface area contributed by atoms with Gasteiger partial charge in [-0.2, -0.15) is 0 Å². The summed E-state index contributed by atoms with van der Waals surface area (Å²) in [5.74, 6) is -0.582. The molecule has 3 atom stereocenters. The standard InChI is InChI=1S/C28H27N5O3S/c34-26(30-16-19-14-18-15-29-13-12-21(18)31-19)23-9-7-20-6-8-22(28(36)33(20)23)32-27(35)25-11-10-24(37-25)17-4-2-1-3-5-17/h1-5,10-15,20,22-23,31H,6-9,16H2,(H,30,34)(H,32,35)/t20-,22+,23-/m0/s1. The largest absolute Gasteiger partial charge is 0.357 e. The van der Waals surface area contributed by atoms with E-state index >= 15 is 0 Å². The smallest absolute Gasteiger partial charge is 0.262 e. The lowest BCUT2D eigenvalue weighted by Gasteiger charge is -2.37. The number of nitrogens with zero attached hydrogens (tertiary/aromatic N) is 2. The molecule has 3 N–H and O–H groups in total. The Hall–Kier alpha value is -3.98. The summed E-state index contributed by atoms with van der Waals surface area (Å²) in [5.41, 5.74) is 2.90. The number of carbonyl (C=O) groups excluding carboxylic acids is 3. The molecule has 3 aromatic heterocycles. The van der Waals surface area contributed by atoms with E-state index in [1.807, 2.05) is 48.5 Å². The minimum Gasteiger partial charge on any atom is -0.357 e. The fourth-order valence-corrected chi connectivity index (χ4v) is 6.34. The van der Waals surface area contributed by atoms with E-state index < -0.39 is 12.1 Å². The number of pyridine rings is 1. The maximum Gasteiger partial charge on any atom is 0.262 e. The molecule has 2 fully saturated rings. The van der Waals surface area contributed by atoms with Crippen molar-refractivity contribution >= 4 is 40.0 Å². The quantitative estimate of drug-likeness (QED) is 0.364. The zero-order chi connectivity index (χ0) is 25.4. The Balaban J connectivity index is 1.10. The molecule has 8 nitrogen and oxygen atoms in total. The Labute approximate surface area is 218 Å². The van der Waals surface area contributed by atoms with E-state index in [2.05, 4.69) is 20.6 Å². The number of carbonyl (C=O) groups is 3. The van der Waals surface area contributed by atoms with Crippen LogP contribution in [0.2, 0.25) is 0 Å². The molecular formula is C28H27N5O3S. The summed E-state index contributed by atoms with van der Waals surface area (Å²) in [6, 6.07) is 16.4. The number of hydrogen-bond donors (Lipinski definition) is 3. The van der Waals surface area contributed by atoms with E-state index in [0.717, 1.165) is 39.9 Å².